The average Bonchev–Trinajstić information content (AvgIpc) is 1.59. The molecule has 0 aromatic heterocycles. The monoisotopic (exact) mass is 208 g/mol. The molecule has 0 unspecified atom stereocenters. The van der Waals surface area contributed by atoms with Gasteiger partial charge >= 0.3 is 59.2 Å². The van der Waals surface area contributed by atoms with Crippen molar-refractivity contribution in [1.82, 2.24) is 0 Å². The summed E-state index contributed by atoms with van der Waals surface area (Å²) in [6.45, 7) is 4.05. The summed E-state index contributed by atoms with van der Waals surface area (Å²) in [6, 6.07) is 0. The molecule has 0 aromatic rings. The van der Waals surface area contributed by atoms with Crippen LogP contribution in [0.25, 0.3) is 0 Å². The van der Waals surface area contributed by atoms with Crippen molar-refractivity contribution in [3.63, 3.8) is 0 Å². The van der Waals surface area contributed by atoms with E-state index in [1.165, 1.54) is 0 Å². The first-order chi connectivity index (χ1) is 4.42. The van der Waals surface area contributed by atoms with Gasteiger partial charge < -0.3 is 9.79 Å². The van der Waals surface area contributed by atoms with Crippen LogP contribution in [0.2, 0.25) is 0 Å². The van der Waals surface area contributed by atoms with Gasteiger partial charge in [-0.15, -0.1) is 0 Å². The SMILES string of the molecule is CC(C)CCOP(=O)(O)O.[KH]. The zero-order valence-electron chi connectivity index (χ0n) is 6.15. The maximum absolute atomic E-state index is 10.1. The van der Waals surface area contributed by atoms with Crippen LogP contribution < -0.4 is 0 Å². The summed E-state index contributed by atoms with van der Waals surface area (Å²) in [5.74, 6) is 0.409. The summed E-state index contributed by atoms with van der Waals surface area (Å²) < 4.78 is 14.3. The Morgan fingerprint density at radius 3 is 2.18 bits per heavy atom. The van der Waals surface area contributed by atoms with E-state index in [1.807, 2.05) is 13.8 Å². The van der Waals surface area contributed by atoms with Crippen LogP contribution >= 0.6 is 7.82 Å². The molecule has 0 fully saturated rings. The molecule has 0 spiro atoms. The second kappa shape index (κ2) is 7.18. The van der Waals surface area contributed by atoms with Gasteiger partial charge in [-0.3, -0.25) is 4.52 Å². The fraction of sp³-hybridized carbons (Fsp3) is 1.00. The summed E-state index contributed by atoms with van der Waals surface area (Å²) in [6.07, 6.45) is 0.672. The molecule has 0 bridgehead atoms. The van der Waals surface area contributed by atoms with Gasteiger partial charge in [0, 0.05) is 0 Å². The summed E-state index contributed by atoms with van der Waals surface area (Å²) in [7, 11) is -4.22. The molecule has 0 aliphatic carbocycles. The molecule has 64 valence electrons. The van der Waals surface area contributed by atoms with Crippen molar-refractivity contribution < 1.29 is 18.9 Å². The van der Waals surface area contributed by atoms with E-state index in [4.69, 9.17) is 9.79 Å². The molecule has 0 saturated heterocycles. The van der Waals surface area contributed by atoms with Gasteiger partial charge in [-0.1, -0.05) is 13.8 Å². The van der Waals surface area contributed by atoms with Gasteiger partial charge in [0.05, 0.1) is 6.61 Å². The van der Waals surface area contributed by atoms with Crippen LogP contribution in [-0.2, 0) is 9.09 Å². The van der Waals surface area contributed by atoms with Crippen molar-refractivity contribution in [1.29, 1.82) is 0 Å². The molecule has 0 heterocycles. The van der Waals surface area contributed by atoms with E-state index in [0.29, 0.717) is 12.3 Å². The Labute approximate surface area is 109 Å². The summed E-state index contributed by atoms with van der Waals surface area (Å²) in [4.78, 5) is 16.4. The molecule has 0 aromatic carbocycles. The van der Waals surface area contributed by atoms with Crippen molar-refractivity contribution in [3.05, 3.63) is 0 Å². The molecule has 0 saturated carbocycles. The number of hydrogen-bond acceptors (Lipinski definition) is 2. The van der Waals surface area contributed by atoms with Crippen molar-refractivity contribution in [2.75, 3.05) is 6.61 Å². The molecule has 0 aliphatic rings. The molecule has 6 heteroatoms. The summed E-state index contributed by atoms with van der Waals surface area (Å²) >= 11 is 0. The van der Waals surface area contributed by atoms with Gasteiger partial charge in [0.15, 0.2) is 0 Å². The fourth-order valence-corrected chi connectivity index (χ4v) is 0.751. The van der Waals surface area contributed by atoms with Crippen LogP contribution in [-0.4, -0.2) is 67.8 Å². The zero-order valence-corrected chi connectivity index (χ0v) is 7.04. The third-order valence-electron chi connectivity index (χ3n) is 0.955. The Morgan fingerprint density at radius 1 is 1.45 bits per heavy atom. The quantitative estimate of drug-likeness (QED) is 0.521. The van der Waals surface area contributed by atoms with Crippen LogP contribution in [0.5, 0.6) is 0 Å². The molecule has 0 rings (SSSR count). The van der Waals surface area contributed by atoms with Crippen molar-refractivity contribution in [3.8, 4) is 0 Å². The van der Waals surface area contributed by atoms with E-state index >= 15 is 0 Å². The maximum atomic E-state index is 10.1. The van der Waals surface area contributed by atoms with Crippen LogP contribution in [0, 0.1) is 5.92 Å². The number of phosphoric acid groups is 1. The topological polar surface area (TPSA) is 66.8 Å². The molecule has 0 atom stereocenters. The fourth-order valence-electron chi connectivity index (χ4n) is 0.407. The molecular formula is C5H14KO4P. The minimum absolute atomic E-state index is 0. The summed E-state index contributed by atoms with van der Waals surface area (Å²) in [5, 5.41) is 0. The Balaban J connectivity index is 0. The van der Waals surface area contributed by atoms with Crippen molar-refractivity contribution in [2.45, 2.75) is 20.3 Å². The molecule has 0 amide bonds. The third kappa shape index (κ3) is 14.6. The van der Waals surface area contributed by atoms with E-state index in [-0.39, 0.29) is 58.0 Å². The zero-order chi connectivity index (χ0) is 8.20. The van der Waals surface area contributed by atoms with Crippen molar-refractivity contribution >= 4 is 59.2 Å². The first-order valence-electron chi connectivity index (χ1n) is 3.12. The molecule has 4 nitrogen and oxygen atoms in total. The predicted molar refractivity (Wildman–Crippen MR) is 44.6 cm³/mol. The third-order valence-corrected chi connectivity index (χ3v) is 1.47. The first-order valence-corrected chi connectivity index (χ1v) is 4.65. The van der Waals surface area contributed by atoms with E-state index in [1.54, 1.807) is 0 Å². The minimum atomic E-state index is -4.22. The molecule has 2 N–H and O–H groups in total. The normalized spacial score (nSPS) is 11.4. The van der Waals surface area contributed by atoms with Crippen LogP contribution in [0.3, 0.4) is 0 Å². The molecular weight excluding hydrogens is 194 g/mol. The van der Waals surface area contributed by atoms with Crippen LogP contribution in [0.4, 0.5) is 0 Å². The predicted octanol–water partition coefficient (Wildman–Crippen LogP) is 0.493. The Kier molecular flexibility index (Phi) is 9.94. The standard InChI is InChI=1S/C5H13O4P.K.H/c1-5(2)3-4-9-10(6,7)8;;/h5H,3-4H2,1-2H3,(H2,6,7,8);;. The van der Waals surface area contributed by atoms with Gasteiger partial charge in [0.25, 0.3) is 0 Å². The second-order valence-electron chi connectivity index (χ2n) is 2.51. The molecule has 0 radical (unpaired) electrons. The van der Waals surface area contributed by atoms with Gasteiger partial charge in [0.2, 0.25) is 0 Å². The van der Waals surface area contributed by atoms with E-state index in [9.17, 15) is 4.57 Å². The van der Waals surface area contributed by atoms with Gasteiger partial charge in [0.1, 0.15) is 0 Å². The first kappa shape index (κ1) is 15.2. The van der Waals surface area contributed by atoms with E-state index in [2.05, 4.69) is 4.52 Å². The Bertz CT molecular complexity index is 132. The van der Waals surface area contributed by atoms with E-state index in [0.717, 1.165) is 0 Å². The number of rotatable bonds is 4. The van der Waals surface area contributed by atoms with Gasteiger partial charge in [-0.2, -0.15) is 0 Å². The average molecular weight is 208 g/mol. The molecule has 11 heavy (non-hydrogen) atoms. The van der Waals surface area contributed by atoms with Crippen LogP contribution in [0.15, 0.2) is 0 Å². The van der Waals surface area contributed by atoms with Crippen molar-refractivity contribution in [2.24, 2.45) is 5.92 Å². The second-order valence-corrected chi connectivity index (χ2v) is 3.75. The Morgan fingerprint density at radius 2 is 1.91 bits per heavy atom. The Hall–Kier alpha value is 1.75. The van der Waals surface area contributed by atoms with Gasteiger partial charge in [-0.25, -0.2) is 4.57 Å². The number of hydrogen-bond donors (Lipinski definition) is 2. The molecule has 0 aliphatic heterocycles. The van der Waals surface area contributed by atoms with E-state index < -0.39 is 7.82 Å². The number of phosphoric ester groups is 1. The van der Waals surface area contributed by atoms with Crippen LogP contribution in [0.1, 0.15) is 20.3 Å². The van der Waals surface area contributed by atoms with Gasteiger partial charge in [-0.05, 0) is 12.3 Å². The summed E-state index contributed by atoms with van der Waals surface area (Å²) in [5.41, 5.74) is 0.